The van der Waals surface area contributed by atoms with Crippen molar-refractivity contribution in [2.75, 3.05) is 0 Å². The molecule has 0 aliphatic rings. The van der Waals surface area contributed by atoms with E-state index >= 15 is 0 Å². The van der Waals surface area contributed by atoms with Crippen LogP contribution in [-0.4, -0.2) is 35.9 Å². The molecular weight excluding hydrogens is 413 g/mol. The Labute approximate surface area is 174 Å². The number of nitrogens with zero attached hydrogens (tertiary/aromatic N) is 6. The molecule has 0 fully saturated rings. The molecule has 3 aromatic heterocycles. The maximum Gasteiger partial charge on any atom is 0.433 e. The van der Waals surface area contributed by atoms with E-state index in [4.69, 9.17) is 9.59 Å². The third kappa shape index (κ3) is 4.73. The summed E-state index contributed by atoms with van der Waals surface area (Å²) in [7, 11) is 0. The minimum atomic E-state index is -4.48. The summed E-state index contributed by atoms with van der Waals surface area (Å²) >= 11 is 0. The van der Waals surface area contributed by atoms with E-state index in [9.17, 15) is 13.2 Å². The lowest BCUT2D eigenvalue weighted by atomic mass is 10.2. The number of hydrogen-bond donors (Lipinski definition) is 0. The predicted molar refractivity (Wildman–Crippen MR) is 101 cm³/mol. The van der Waals surface area contributed by atoms with Gasteiger partial charge in [-0.05, 0) is 42.8 Å². The molecule has 0 unspecified atom stereocenters. The molecule has 0 N–H and O–H groups in total. The maximum absolute atomic E-state index is 13.4. The number of alkyl halides is 3. The van der Waals surface area contributed by atoms with E-state index in [1.54, 1.807) is 54.3 Å². The standard InChI is InChI=1S/C19H15F3N6.CO2/c1-2-13-11-24-28(18(13)19(20,21)22)15-8-6-14(7-9-15)27-12-17(25-26-27)16-5-3-4-10-23-16;2-1-3/h3-12H,2H2,1H3;. The Morgan fingerprint density at radius 3 is 2.26 bits per heavy atom. The fourth-order valence-corrected chi connectivity index (χ4v) is 2.91. The van der Waals surface area contributed by atoms with Crippen molar-refractivity contribution in [2.45, 2.75) is 19.5 Å². The monoisotopic (exact) mass is 428 g/mol. The molecule has 0 aliphatic carbocycles. The van der Waals surface area contributed by atoms with Crippen LogP contribution in [0.3, 0.4) is 0 Å². The highest BCUT2D eigenvalue weighted by Crippen LogP contribution is 2.34. The summed E-state index contributed by atoms with van der Waals surface area (Å²) in [6, 6.07) is 11.9. The first-order valence-corrected chi connectivity index (χ1v) is 8.97. The van der Waals surface area contributed by atoms with Crippen molar-refractivity contribution >= 4 is 6.15 Å². The largest absolute Gasteiger partial charge is 0.433 e. The van der Waals surface area contributed by atoms with E-state index in [1.165, 1.54) is 6.20 Å². The number of hydrogen-bond acceptors (Lipinski definition) is 6. The van der Waals surface area contributed by atoms with Gasteiger partial charge >= 0.3 is 12.3 Å². The van der Waals surface area contributed by atoms with Crippen molar-refractivity contribution in [1.29, 1.82) is 0 Å². The molecule has 4 aromatic rings. The number of aryl methyl sites for hydroxylation is 1. The summed E-state index contributed by atoms with van der Waals surface area (Å²) in [6.45, 7) is 1.67. The SMILES string of the molecule is CCc1cnn(-c2ccc(-n3cc(-c4ccccn4)nn3)cc2)c1C(F)(F)F.O=C=O. The molecule has 0 spiro atoms. The van der Waals surface area contributed by atoms with Crippen LogP contribution in [0.15, 0.2) is 61.1 Å². The highest BCUT2D eigenvalue weighted by atomic mass is 19.4. The molecule has 0 saturated carbocycles. The van der Waals surface area contributed by atoms with E-state index < -0.39 is 11.9 Å². The molecule has 0 atom stereocenters. The fourth-order valence-electron chi connectivity index (χ4n) is 2.91. The van der Waals surface area contributed by atoms with Gasteiger partial charge in [0.25, 0.3) is 0 Å². The topological polar surface area (TPSA) is 95.6 Å². The highest BCUT2D eigenvalue weighted by molar-refractivity contribution is 5.53. The van der Waals surface area contributed by atoms with Crippen LogP contribution in [0.2, 0.25) is 0 Å². The molecular formula is C20H15F3N6O2. The van der Waals surface area contributed by atoms with Gasteiger partial charge in [0.15, 0.2) is 5.69 Å². The highest BCUT2D eigenvalue weighted by Gasteiger charge is 2.38. The summed E-state index contributed by atoms with van der Waals surface area (Å²) in [5.41, 5.74) is 1.68. The van der Waals surface area contributed by atoms with Crippen LogP contribution >= 0.6 is 0 Å². The Morgan fingerprint density at radius 2 is 1.68 bits per heavy atom. The molecule has 4 rings (SSSR count). The average Bonchev–Trinajstić information content (AvgIpc) is 3.42. The minimum Gasteiger partial charge on any atom is -0.254 e. The Morgan fingerprint density at radius 1 is 1.00 bits per heavy atom. The second kappa shape index (κ2) is 9.14. The van der Waals surface area contributed by atoms with E-state index in [1.807, 2.05) is 12.1 Å². The summed E-state index contributed by atoms with van der Waals surface area (Å²) in [6.07, 6.45) is 0.650. The smallest absolute Gasteiger partial charge is 0.254 e. The molecule has 0 saturated heterocycles. The van der Waals surface area contributed by atoms with Gasteiger partial charge in [-0.25, -0.2) is 9.36 Å². The summed E-state index contributed by atoms with van der Waals surface area (Å²) in [5, 5.41) is 12.1. The molecule has 158 valence electrons. The molecule has 0 amide bonds. The van der Waals surface area contributed by atoms with Gasteiger partial charge in [-0.15, -0.1) is 5.10 Å². The van der Waals surface area contributed by atoms with Crippen LogP contribution in [0, 0.1) is 0 Å². The van der Waals surface area contributed by atoms with E-state index in [0.717, 1.165) is 4.68 Å². The van der Waals surface area contributed by atoms with E-state index in [2.05, 4.69) is 20.4 Å². The van der Waals surface area contributed by atoms with Gasteiger partial charge in [-0.1, -0.05) is 18.2 Å². The Kier molecular flexibility index (Phi) is 6.37. The zero-order chi connectivity index (χ0) is 22.4. The summed E-state index contributed by atoms with van der Waals surface area (Å²) < 4.78 is 42.8. The predicted octanol–water partition coefficient (Wildman–Crippen LogP) is 3.51. The average molecular weight is 428 g/mol. The first kappa shape index (κ1) is 21.6. The number of benzene rings is 1. The molecule has 0 bridgehead atoms. The lowest BCUT2D eigenvalue weighted by Crippen LogP contribution is -2.15. The van der Waals surface area contributed by atoms with Crippen molar-refractivity contribution in [3.8, 4) is 22.8 Å². The summed E-state index contributed by atoms with van der Waals surface area (Å²) in [5.74, 6) is 0. The van der Waals surface area contributed by atoms with Crippen LogP contribution in [-0.2, 0) is 22.2 Å². The number of rotatable bonds is 4. The zero-order valence-corrected chi connectivity index (χ0v) is 16.1. The van der Waals surface area contributed by atoms with Crippen LogP contribution in [0.4, 0.5) is 13.2 Å². The van der Waals surface area contributed by atoms with Crippen molar-refractivity contribution < 1.29 is 22.8 Å². The molecule has 11 heteroatoms. The molecule has 1 aromatic carbocycles. The third-order valence-corrected chi connectivity index (χ3v) is 4.27. The van der Waals surface area contributed by atoms with Gasteiger partial charge < -0.3 is 0 Å². The van der Waals surface area contributed by atoms with Crippen LogP contribution in [0.25, 0.3) is 22.8 Å². The van der Waals surface area contributed by atoms with Gasteiger partial charge in [-0.2, -0.15) is 27.9 Å². The van der Waals surface area contributed by atoms with Gasteiger partial charge in [-0.3, -0.25) is 4.98 Å². The molecule has 0 radical (unpaired) electrons. The number of aromatic nitrogens is 6. The zero-order valence-electron chi connectivity index (χ0n) is 16.1. The van der Waals surface area contributed by atoms with Crippen molar-refractivity contribution in [3.05, 3.63) is 72.3 Å². The first-order valence-electron chi connectivity index (χ1n) is 8.97. The number of pyridine rings is 1. The van der Waals surface area contributed by atoms with Crippen LogP contribution in [0.1, 0.15) is 18.2 Å². The molecule has 0 aliphatic heterocycles. The molecule has 8 nitrogen and oxygen atoms in total. The van der Waals surface area contributed by atoms with Gasteiger partial charge in [0.2, 0.25) is 0 Å². The van der Waals surface area contributed by atoms with Crippen LogP contribution < -0.4 is 0 Å². The summed E-state index contributed by atoms with van der Waals surface area (Å²) in [4.78, 5) is 20.5. The second-order valence-electron chi connectivity index (χ2n) is 6.14. The maximum atomic E-state index is 13.4. The van der Waals surface area contributed by atoms with Crippen LogP contribution in [0.5, 0.6) is 0 Å². The number of halogens is 3. The first-order chi connectivity index (χ1) is 14.9. The van der Waals surface area contributed by atoms with Gasteiger partial charge in [0, 0.05) is 11.8 Å². The second-order valence-corrected chi connectivity index (χ2v) is 6.14. The Bertz CT molecular complexity index is 1180. The normalized spacial score (nSPS) is 10.8. The van der Waals surface area contributed by atoms with Gasteiger partial charge in [0.1, 0.15) is 5.69 Å². The molecule has 31 heavy (non-hydrogen) atoms. The third-order valence-electron chi connectivity index (χ3n) is 4.27. The Balaban J connectivity index is 0.000000858. The lowest BCUT2D eigenvalue weighted by Gasteiger charge is -2.12. The quantitative estimate of drug-likeness (QED) is 0.494. The lowest BCUT2D eigenvalue weighted by molar-refractivity contribution is -0.191. The van der Waals surface area contributed by atoms with E-state index in [0.29, 0.717) is 22.8 Å². The van der Waals surface area contributed by atoms with E-state index in [-0.39, 0.29) is 18.1 Å². The van der Waals surface area contributed by atoms with Crippen molar-refractivity contribution in [1.82, 2.24) is 29.8 Å². The van der Waals surface area contributed by atoms with Crippen molar-refractivity contribution in [2.24, 2.45) is 0 Å². The Hall–Kier alpha value is -4.11. The fraction of sp³-hybridized carbons (Fsp3) is 0.150. The van der Waals surface area contributed by atoms with Gasteiger partial charge in [0.05, 0.1) is 29.5 Å². The molecule has 3 heterocycles. The number of carbonyl (C=O) groups excluding carboxylic acids is 2. The minimum absolute atomic E-state index is 0.160. The van der Waals surface area contributed by atoms with Crippen molar-refractivity contribution in [3.63, 3.8) is 0 Å².